The Morgan fingerprint density at radius 2 is 2.17 bits per heavy atom. The highest BCUT2D eigenvalue weighted by molar-refractivity contribution is 5.80. The van der Waals surface area contributed by atoms with Crippen LogP contribution >= 0.6 is 0 Å². The summed E-state index contributed by atoms with van der Waals surface area (Å²) in [6.07, 6.45) is 0.537. The summed E-state index contributed by atoms with van der Waals surface area (Å²) < 4.78 is 0. The van der Waals surface area contributed by atoms with Crippen LogP contribution in [0.1, 0.15) is 16.7 Å². The average molecular weight is 161 g/mol. The summed E-state index contributed by atoms with van der Waals surface area (Å²) in [5, 5.41) is 2.83. The van der Waals surface area contributed by atoms with Crippen molar-refractivity contribution in [1.29, 1.82) is 0 Å². The van der Waals surface area contributed by atoms with E-state index in [0.29, 0.717) is 13.0 Å². The smallest absolute Gasteiger partial charge is 0.224 e. The first-order valence-electron chi connectivity index (χ1n) is 4.11. The van der Waals surface area contributed by atoms with E-state index in [1.165, 1.54) is 16.7 Å². The molecule has 0 fully saturated rings. The van der Waals surface area contributed by atoms with E-state index in [2.05, 4.69) is 24.4 Å². The van der Waals surface area contributed by atoms with Gasteiger partial charge in [-0.2, -0.15) is 0 Å². The third-order valence-corrected chi connectivity index (χ3v) is 2.19. The lowest BCUT2D eigenvalue weighted by molar-refractivity contribution is -0.121. The molecule has 0 unspecified atom stereocenters. The van der Waals surface area contributed by atoms with Gasteiger partial charge in [-0.1, -0.05) is 23.8 Å². The van der Waals surface area contributed by atoms with Crippen LogP contribution in [0.5, 0.6) is 0 Å². The number of aryl methyl sites for hydroxylation is 1. The van der Waals surface area contributed by atoms with Crippen LogP contribution in [0.3, 0.4) is 0 Å². The van der Waals surface area contributed by atoms with Crippen LogP contribution in [-0.2, 0) is 17.8 Å². The number of carbonyl (C=O) groups is 1. The van der Waals surface area contributed by atoms with Crippen LogP contribution in [0.2, 0.25) is 0 Å². The number of hydrogen-bond acceptors (Lipinski definition) is 1. The van der Waals surface area contributed by atoms with Gasteiger partial charge in [0.15, 0.2) is 0 Å². The maximum Gasteiger partial charge on any atom is 0.224 e. The van der Waals surface area contributed by atoms with Crippen molar-refractivity contribution in [3.63, 3.8) is 0 Å². The molecule has 2 rings (SSSR count). The third kappa shape index (κ3) is 1.20. The highest BCUT2D eigenvalue weighted by Gasteiger charge is 2.13. The van der Waals surface area contributed by atoms with E-state index in [1.54, 1.807) is 0 Å². The molecule has 0 bridgehead atoms. The van der Waals surface area contributed by atoms with Crippen LogP contribution in [-0.4, -0.2) is 5.91 Å². The Balaban J connectivity index is 2.43. The number of hydrogen-bond donors (Lipinski definition) is 1. The molecule has 0 saturated carbocycles. The predicted octanol–water partition coefficient (Wildman–Crippen LogP) is 1.17. The van der Waals surface area contributed by atoms with Gasteiger partial charge in [-0.25, -0.2) is 0 Å². The molecule has 1 aromatic carbocycles. The van der Waals surface area contributed by atoms with Gasteiger partial charge in [0, 0.05) is 6.54 Å². The lowest BCUT2D eigenvalue weighted by atomic mass is 9.99. The molecule has 12 heavy (non-hydrogen) atoms. The summed E-state index contributed by atoms with van der Waals surface area (Å²) in [4.78, 5) is 11.0. The molecule has 0 aromatic heterocycles. The fourth-order valence-electron chi connectivity index (χ4n) is 1.52. The van der Waals surface area contributed by atoms with Crippen LogP contribution in [0, 0.1) is 6.92 Å². The van der Waals surface area contributed by atoms with Gasteiger partial charge in [0.2, 0.25) is 5.91 Å². The molecule has 0 spiro atoms. The van der Waals surface area contributed by atoms with Crippen LogP contribution in [0.4, 0.5) is 0 Å². The Kier molecular flexibility index (Phi) is 1.61. The van der Waals surface area contributed by atoms with Crippen molar-refractivity contribution in [2.75, 3.05) is 0 Å². The number of rotatable bonds is 0. The molecule has 0 aliphatic carbocycles. The summed E-state index contributed by atoms with van der Waals surface area (Å²) in [6, 6.07) is 6.23. The number of carbonyl (C=O) groups excluding carboxylic acids is 1. The molecule has 1 heterocycles. The highest BCUT2D eigenvalue weighted by atomic mass is 16.1. The molecule has 0 radical (unpaired) electrons. The van der Waals surface area contributed by atoms with Crippen molar-refractivity contribution in [3.8, 4) is 0 Å². The zero-order valence-electron chi connectivity index (χ0n) is 7.05. The van der Waals surface area contributed by atoms with Crippen LogP contribution in [0.15, 0.2) is 18.2 Å². The largest absolute Gasteiger partial charge is 0.352 e. The molecule has 1 aliphatic heterocycles. The standard InChI is InChI=1S/C10H11NO/c1-7-2-3-8-5-10(12)11-6-9(8)4-7/h2-4H,5-6H2,1H3,(H,11,12). The fourth-order valence-corrected chi connectivity index (χ4v) is 1.52. The van der Waals surface area contributed by atoms with Crippen molar-refractivity contribution in [3.05, 3.63) is 34.9 Å². The molecular formula is C10H11NO. The Morgan fingerprint density at radius 3 is 3.00 bits per heavy atom. The minimum absolute atomic E-state index is 0.131. The second-order valence-electron chi connectivity index (χ2n) is 3.23. The van der Waals surface area contributed by atoms with E-state index in [-0.39, 0.29) is 5.91 Å². The van der Waals surface area contributed by atoms with Gasteiger partial charge in [-0.15, -0.1) is 0 Å². The maximum absolute atomic E-state index is 11.0. The van der Waals surface area contributed by atoms with Crippen molar-refractivity contribution >= 4 is 5.91 Å². The zero-order valence-corrected chi connectivity index (χ0v) is 7.05. The van der Waals surface area contributed by atoms with E-state index >= 15 is 0 Å². The maximum atomic E-state index is 11.0. The second kappa shape index (κ2) is 2.63. The lowest BCUT2D eigenvalue weighted by Crippen LogP contribution is -2.30. The summed E-state index contributed by atoms with van der Waals surface area (Å²) in [5.74, 6) is 0.131. The quantitative estimate of drug-likeness (QED) is 0.608. The summed E-state index contributed by atoms with van der Waals surface area (Å²) in [7, 11) is 0. The molecule has 1 aromatic rings. The predicted molar refractivity (Wildman–Crippen MR) is 46.7 cm³/mol. The van der Waals surface area contributed by atoms with Gasteiger partial charge in [-0.05, 0) is 18.1 Å². The lowest BCUT2D eigenvalue weighted by Gasteiger charge is -2.16. The summed E-state index contributed by atoms with van der Waals surface area (Å²) >= 11 is 0. The first-order chi connectivity index (χ1) is 5.75. The van der Waals surface area contributed by atoms with E-state index in [4.69, 9.17) is 0 Å². The average Bonchev–Trinajstić information content (AvgIpc) is 2.05. The zero-order chi connectivity index (χ0) is 8.55. The van der Waals surface area contributed by atoms with Crippen LogP contribution < -0.4 is 5.32 Å². The van der Waals surface area contributed by atoms with Gasteiger partial charge < -0.3 is 5.32 Å². The van der Waals surface area contributed by atoms with Gasteiger partial charge >= 0.3 is 0 Å². The molecule has 1 N–H and O–H groups in total. The first-order valence-corrected chi connectivity index (χ1v) is 4.11. The van der Waals surface area contributed by atoms with E-state index in [1.807, 2.05) is 6.07 Å². The fraction of sp³-hybridized carbons (Fsp3) is 0.300. The molecular weight excluding hydrogens is 150 g/mol. The van der Waals surface area contributed by atoms with Gasteiger partial charge in [0.05, 0.1) is 6.42 Å². The molecule has 62 valence electrons. The van der Waals surface area contributed by atoms with Crippen molar-refractivity contribution in [1.82, 2.24) is 5.32 Å². The van der Waals surface area contributed by atoms with E-state index < -0.39 is 0 Å². The van der Waals surface area contributed by atoms with Gasteiger partial charge in [0.1, 0.15) is 0 Å². The molecule has 0 atom stereocenters. The minimum atomic E-state index is 0.131. The number of nitrogens with one attached hydrogen (secondary N) is 1. The Morgan fingerprint density at radius 1 is 1.33 bits per heavy atom. The number of fused-ring (bicyclic) bond motifs is 1. The summed E-state index contributed by atoms with van der Waals surface area (Å²) in [6.45, 7) is 2.76. The monoisotopic (exact) mass is 161 g/mol. The van der Waals surface area contributed by atoms with E-state index in [9.17, 15) is 4.79 Å². The minimum Gasteiger partial charge on any atom is -0.352 e. The normalized spacial score (nSPS) is 15.2. The number of amides is 1. The van der Waals surface area contributed by atoms with Crippen molar-refractivity contribution in [2.45, 2.75) is 19.9 Å². The highest BCUT2D eigenvalue weighted by Crippen LogP contribution is 2.15. The molecule has 0 saturated heterocycles. The third-order valence-electron chi connectivity index (χ3n) is 2.19. The molecule has 2 heteroatoms. The SMILES string of the molecule is Cc1ccc2c(c1)CNC(=O)C2. The topological polar surface area (TPSA) is 29.1 Å². The van der Waals surface area contributed by atoms with E-state index in [0.717, 1.165) is 0 Å². The van der Waals surface area contributed by atoms with Crippen molar-refractivity contribution < 1.29 is 4.79 Å². The van der Waals surface area contributed by atoms with Crippen LogP contribution in [0.25, 0.3) is 0 Å². The molecule has 1 aliphatic rings. The second-order valence-corrected chi connectivity index (χ2v) is 3.23. The Bertz CT molecular complexity index is 331. The molecule has 1 amide bonds. The molecule has 2 nitrogen and oxygen atoms in total. The Labute approximate surface area is 71.6 Å². The van der Waals surface area contributed by atoms with Crippen molar-refractivity contribution in [2.24, 2.45) is 0 Å². The first kappa shape index (κ1) is 7.35. The van der Waals surface area contributed by atoms with Gasteiger partial charge in [0.25, 0.3) is 0 Å². The van der Waals surface area contributed by atoms with Gasteiger partial charge in [-0.3, -0.25) is 4.79 Å². The Hall–Kier alpha value is -1.31. The summed E-state index contributed by atoms with van der Waals surface area (Å²) in [5.41, 5.74) is 3.68. The number of benzene rings is 1.